The van der Waals surface area contributed by atoms with E-state index in [0.29, 0.717) is 0 Å². The molecule has 102 valence electrons. The Morgan fingerprint density at radius 1 is 0.700 bits per heavy atom. The number of carbonyl (C=O) groups is 2. The second-order valence-electron chi connectivity index (χ2n) is 4.58. The van der Waals surface area contributed by atoms with E-state index in [1.165, 1.54) is 0 Å². The highest BCUT2D eigenvalue weighted by Gasteiger charge is 2.23. The van der Waals surface area contributed by atoms with Gasteiger partial charge in [-0.3, -0.25) is 9.59 Å². The maximum absolute atomic E-state index is 12.0. The van der Waals surface area contributed by atoms with E-state index in [-0.39, 0.29) is 11.1 Å². The van der Waals surface area contributed by atoms with Crippen molar-refractivity contribution in [3.05, 3.63) is 70.8 Å². The minimum absolute atomic E-state index is 0.286. The zero-order valence-electron chi connectivity index (χ0n) is 11.3. The fourth-order valence-corrected chi connectivity index (χ4v) is 2.55. The van der Waals surface area contributed by atoms with Crippen molar-refractivity contribution in [1.29, 1.82) is 0 Å². The van der Waals surface area contributed by atoms with Crippen molar-refractivity contribution >= 4 is 21.0 Å². The molecule has 0 spiro atoms. The summed E-state index contributed by atoms with van der Waals surface area (Å²) in [6.07, 6.45) is 0. The minimum Gasteiger partial charge on any atom is -0.278 e. The topological polar surface area (TPSA) is 51.2 Å². The standard InChI is InChI=1S/C16H14O3S/c1-11-3-7-13(8-4-11)15(17)20(19)16(18)14-9-5-12(2)6-10-14/h3-10H,1-2H3. The van der Waals surface area contributed by atoms with Gasteiger partial charge in [0.05, 0.1) is 0 Å². The van der Waals surface area contributed by atoms with Gasteiger partial charge in [-0.15, -0.1) is 0 Å². The molecule has 0 aliphatic carbocycles. The monoisotopic (exact) mass is 286 g/mol. The van der Waals surface area contributed by atoms with Crippen LogP contribution in [0.25, 0.3) is 0 Å². The van der Waals surface area contributed by atoms with E-state index >= 15 is 0 Å². The summed E-state index contributed by atoms with van der Waals surface area (Å²) >= 11 is 0. The molecule has 0 radical (unpaired) electrons. The second-order valence-corrected chi connectivity index (χ2v) is 5.85. The van der Waals surface area contributed by atoms with Crippen molar-refractivity contribution in [2.45, 2.75) is 13.8 Å². The lowest BCUT2D eigenvalue weighted by Gasteiger charge is -2.02. The highest BCUT2D eigenvalue weighted by molar-refractivity contribution is 8.14. The van der Waals surface area contributed by atoms with E-state index in [0.717, 1.165) is 11.1 Å². The summed E-state index contributed by atoms with van der Waals surface area (Å²) in [4.78, 5) is 24.0. The Morgan fingerprint density at radius 3 is 1.30 bits per heavy atom. The van der Waals surface area contributed by atoms with Crippen molar-refractivity contribution in [3.8, 4) is 0 Å². The third-order valence-corrected chi connectivity index (χ3v) is 4.06. The number of hydrogen-bond acceptors (Lipinski definition) is 3. The molecule has 4 heteroatoms. The largest absolute Gasteiger partial charge is 0.278 e. The van der Waals surface area contributed by atoms with Gasteiger partial charge in [-0.25, -0.2) is 4.21 Å². The van der Waals surface area contributed by atoms with Gasteiger partial charge in [0.25, 0.3) is 10.2 Å². The maximum atomic E-state index is 12.0. The molecule has 0 fully saturated rings. The van der Waals surface area contributed by atoms with Crippen LogP contribution < -0.4 is 0 Å². The van der Waals surface area contributed by atoms with Crippen LogP contribution in [0.3, 0.4) is 0 Å². The highest BCUT2D eigenvalue weighted by Crippen LogP contribution is 2.11. The third kappa shape index (κ3) is 3.08. The molecular formula is C16H14O3S. The van der Waals surface area contributed by atoms with Crippen molar-refractivity contribution in [1.82, 2.24) is 0 Å². The van der Waals surface area contributed by atoms with E-state index in [1.54, 1.807) is 48.5 Å². The van der Waals surface area contributed by atoms with Gasteiger partial charge in [0.2, 0.25) is 0 Å². The molecule has 0 aliphatic rings. The SMILES string of the molecule is Cc1ccc(C(=O)S(=O)C(=O)c2ccc(C)cc2)cc1. The van der Waals surface area contributed by atoms with Gasteiger partial charge >= 0.3 is 0 Å². The predicted octanol–water partition coefficient (Wildman–Crippen LogP) is 3.03. The summed E-state index contributed by atoms with van der Waals surface area (Å²) in [5.74, 6) is 0. The smallest absolute Gasteiger partial charge is 0.257 e. The zero-order chi connectivity index (χ0) is 14.7. The van der Waals surface area contributed by atoms with Gasteiger partial charge in [-0.05, 0) is 13.8 Å². The maximum Gasteiger partial charge on any atom is 0.257 e. The first-order chi connectivity index (χ1) is 9.49. The van der Waals surface area contributed by atoms with Crippen LogP contribution in [0.1, 0.15) is 31.8 Å². The fraction of sp³-hybridized carbons (Fsp3) is 0.125. The first kappa shape index (κ1) is 14.3. The average molecular weight is 286 g/mol. The molecule has 0 aliphatic heterocycles. The summed E-state index contributed by atoms with van der Waals surface area (Å²) in [7, 11) is -2.20. The quantitative estimate of drug-likeness (QED) is 0.852. The van der Waals surface area contributed by atoms with Crippen LogP contribution in [-0.2, 0) is 10.8 Å². The lowest BCUT2D eigenvalue weighted by Crippen LogP contribution is -2.17. The van der Waals surface area contributed by atoms with Gasteiger partial charge in [-0.2, -0.15) is 0 Å². The minimum atomic E-state index is -2.20. The molecule has 0 atom stereocenters. The van der Waals surface area contributed by atoms with E-state index in [2.05, 4.69) is 0 Å². The van der Waals surface area contributed by atoms with Crippen LogP contribution in [0.15, 0.2) is 48.5 Å². The summed E-state index contributed by atoms with van der Waals surface area (Å²) in [6, 6.07) is 13.3. The third-order valence-electron chi connectivity index (χ3n) is 2.91. The number of benzene rings is 2. The Hall–Kier alpha value is -2.07. The predicted molar refractivity (Wildman–Crippen MR) is 79.2 cm³/mol. The number of carbonyl (C=O) groups excluding carboxylic acids is 2. The van der Waals surface area contributed by atoms with Crippen LogP contribution >= 0.6 is 0 Å². The Kier molecular flexibility index (Phi) is 4.25. The summed E-state index contributed by atoms with van der Waals surface area (Å²) in [6.45, 7) is 3.78. The van der Waals surface area contributed by atoms with E-state index in [4.69, 9.17) is 0 Å². The molecule has 0 unspecified atom stereocenters. The molecule has 0 heterocycles. The normalized spacial score (nSPS) is 10.6. The van der Waals surface area contributed by atoms with Gasteiger partial charge in [-0.1, -0.05) is 59.7 Å². The lowest BCUT2D eigenvalue weighted by molar-refractivity contribution is 0.105. The molecule has 20 heavy (non-hydrogen) atoms. The van der Waals surface area contributed by atoms with Crippen LogP contribution in [0.5, 0.6) is 0 Å². The Bertz CT molecular complexity index is 610. The van der Waals surface area contributed by atoms with Gasteiger partial charge < -0.3 is 0 Å². The lowest BCUT2D eigenvalue weighted by atomic mass is 10.2. The fourth-order valence-electron chi connectivity index (χ4n) is 1.68. The van der Waals surface area contributed by atoms with Gasteiger partial charge in [0.1, 0.15) is 0 Å². The number of rotatable bonds is 2. The average Bonchev–Trinajstić information content (AvgIpc) is 2.46. The summed E-state index contributed by atoms with van der Waals surface area (Å²) in [5.41, 5.74) is 2.57. The highest BCUT2D eigenvalue weighted by atomic mass is 32.2. The Labute approximate surface area is 120 Å². The van der Waals surface area contributed by atoms with Crippen LogP contribution in [0, 0.1) is 13.8 Å². The van der Waals surface area contributed by atoms with E-state index in [1.807, 2.05) is 13.8 Å². The second kappa shape index (κ2) is 5.92. The van der Waals surface area contributed by atoms with Gasteiger partial charge in [0.15, 0.2) is 10.8 Å². The van der Waals surface area contributed by atoms with Crippen LogP contribution in [-0.4, -0.2) is 14.4 Å². The molecule has 2 rings (SSSR count). The molecule has 2 aromatic carbocycles. The van der Waals surface area contributed by atoms with Crippen LogP contribution in [0.4, 0.5) is 0 Å². The van der Waals surface area contributed by atoms with Crippen molar-refractivity contribution in [2.24, 2.45) is 0 Å². The summed E-state index contributed by atoms with van der Waals surface area (Å²) in [5, 5.41) is -1.31. The molecule has 0 bridgehead atoms. The Morgan fingerprint density at radius 2 is 1.00 bits per heavy atom. The van der Waals surface area contributed by atoms with Crippen molar-refractivity contribution < 1.29 is 13.8 Å². The first-order valence-corrected chi connectivity index (χ1v) is 7.28. The van der Waals surface area contributed by atoms with Crippen molar-refractivity contribution in [2.75, 3.05) is 0 Å². The zero-order valence-corrected chi connectivity index (χ0v) is 12.1. The number of aryl methyl sites for hydroxylation is 2. The molecule has 0 saturated heterocycles. The van der Waals surface area contributed by atoms with Crippen molar-refractivity contribution in [3.63, 3.8) is 0 Å². The molecule has 2 aromatic rings. The van der Waals surface area contributed by atoms with E-state index < -0.39 is 21.0 Å². The molecule has 0 saturated carbocycles. The molecular weight excluding hydrogens is 272 g/mol. The molecule has 0 amide bonds. The first-order valence-electron chi connectivity index (χ1n) is 6.13. The molecule has 0 aromatic heterocycles. The van der Waals surface area contributed by atoms with Gasteiger partial charge in [0, 0.05) is 11.1 Å². The number of hydrogen-bond donors (Lipinski definition) is 0. The van der Waals surface area contributed by atoms with E-state index in [9.17, 15) is 13.8 Å². The molecule has 0 N–H and O–H groups in total. The Balaban J connectivity index is 2.22. The van der Waals surface area contributed by atoms with Crippen LogP contribution in [0.2, 0.25) is 0 Å². The summed E-state index contributed by atoms with van der Waals surface area (Å²) < 4.78 is 12.0. The molecule has 3 nitrogen and oxygen atoms in total.